The first kappa shape index (κ1) is 24.2. The number of carbonyl (C=O) groups excluding carboxylic acids is 1. The highest BCUT2D eigenvalue weighted by Crippen LogP contribution is 2.30. The van der Waals surface area contributed by atoms with Gasteiger partial charge in [-0.05, 0) is 75.7 Å². The summed E-state index contributed by atoms with van der Waals surface area (Å²) in [6.45, 7) is 7.87. The normalized spacial score (nSPS) is 11.7. The maximum absolute atomic E-state index is 13.4. The molecule has 0 atom stereocenters. The number of hydrogen-bond donors (Lipinski definition) is 0. The van der Waals surface area contributed by atoms with Gasteiger partial charge in [0.25, 0.3) is 0 Å². The van der Waals surface area contributed by atoms with E-state index in [9.17, 15) is 9.59 Å². The first-order chi connectivity index (χ1) is 17.7. The van der Waals surface area contributed by atoms with Crippen LogP contribution in [0.2, 0.25) is 0 Å². The molecule has 2 aromatic carbocycles. The zero-order valence-electron chi connectivity index (χ0n) is 21.6. The fourth-order valence-electron chi connectivity index (χ4n) is 4.47. The molecule has 8 nitrogen and oxygen atoms in total. The van der Waals surface area contributed by atoms with E-state index in [1.807, 2.05) is 88.5 Å². The van der Waals surface area contributed by atoms with Gasteiger partial charge < -0.3 is 4.74 Å². The molecule has 3 aromatic heterocycles. The Kier molecular flexibility index (Phi) is 6.03. The highest BCUT2D eigenvalue weighted by molar-refractivity contribution is 6.04. The molecule has 0 bridgehead atoms. The second-order valence-corrected chi connectivity index (χ2v) is 9.88. The Morgan fingerprint density at radius 3 is 2.43 bits per heavy atom. The molecule has 3 heterocycles. The van der Waals surface area contributed by atoms with Crippen molar-refractivity contribution in [2.24, 2.45) is 7.05 Å². The van der Waals surface area contributed by atoms with Crippen LogP contribution in [0.1, 0.15) is 27.7 Å². The largest absolute Gasteiger partial charge is 0.443 e. The van der Waals surface area contributed by atoms with Crippen LogP contribution in [0.25, 0.3) is 38.8 Å². The van der Waals surface area contributed by atoms with Gasteiger partial charge in [-0.2, -0.15) is 0 Å². The van der Waals surface area contributed by atoms with Crippen molar-refractivity contribution >= 4 is 33.7 Å². The van der Waals surface area contributed by atoms with Crippen molar-refractivity contribution in [1.29, 1.82) is 0 Å². The maximum Gasteiger partial charge on any atom is 0.414 e. The number of pyridine rings is 2. The standard InChI is InChI=1S/C29H29N5O3/c1-6-33(28(36)37-29(2,3)4)21-10-12-22(13-11-21)34-26-23-16-19(20-8-7-15-30-17-20)9-14-24(23)31-18-25(26)32(5)27(34)35/h7-18H,6H2,1-5H3. The van der Waals surface area contributed by atoms with Crippen molar-refractivity contribution in [2.45, 2.75) is 33.3 Å². The zero-order chi connectivity index (χ0) is 26.3. The van der Waals surface area contributed by atoms with Gasteiger partial charge in [0, 0.05) is 42.6 Å². The molecule has 37 heavy (non-hydrogen) atoms. The molecule has 0 aliphatic heterocycles. The van der Waals surface area contributed by atoms with Gasteiger partial charge in [0.2, 0.25) is 0 Å². The van der Waals surface area contributed by atoms with Gasteiger partial charge in [-0.25, -0.2) is 9.59 Å². The number of carbonyl (C=O) groups is 1. The van der Waals surface area contributed by atoms with Gasteiger partial charge >= 0.3 is 11.8 Å². The highest BCUT2D eigenvalue weighted by atomic mass is 16.6. The summed E-state index contributed by atoms with van der Waals surface area (Å²) in [5, 5.41) is 0.865. The number of anilines is 1. The lowest BCUT2D eigenvalue weighted by molar-refractivity contribution is 0.0582. The van der Waals surface area contributed by atoms with E-state index in [1.54, 1.807) is 33.5 Å². The van der Waals surface area contributed by atoms with Crippen molar-refractivity contribution in [3.8, 4) is 16.8 Å². The molecule has 0 N–H and O–H groups in total. The number of aromatic nitrogens is 4. The SMILES string of the molecule is CCN(C(=O)OC(C)(C)C)c1ccc(-n2c(=O)n(C)c3cnc4ccc(-c5cccnc5)cc4c32)cc1. The first-order valence-electron chi connectivity index (χ1n) is 12.2. The monoisotopic (exact) mass is 495 g/mol. The molecule has 0 radical (unpaired) electrons. The Labute approximate surface area is 214 Å². The molecule has 0 unspecified atom stereocenters. The molecule has 0 aliphatic carbocycles. The number of fused-ring (bicyclic) bond motifs is 3. The third-order valence-corrected chi connectivity index (χ3v) is 6.23. The van der Waals surface area contributed by atoms with E-state index in [0.717, 1.165) is 33.1 Å². The number of imidazole rings is 1. The van der Waals surface area contributed by atoms with Crippen molar-refractivity contribution in [3.05, 3.63) is 83.7 Å². The van der Waals surface area contributed by atoms with E-state index in [1.165, 1.54) is 0 Å². The summed E-state index contributed by atoms with van der Waals surface area (Å²) in [5.74, 6) is 0. The summed E-state index contributed by atoms with van der Waals surface area (Å²) in [7, 11) is 1.75. The fourth-order valence-corrected chi connectivity index (χ4v) is 4.47. The molecule has 0 fully saturated rings. The molecule has 5 aromatic rings. The minimum absolute atomic E-state index is 0.177. The molecule has 5 rings (SSSR count). The Balaban J connectivity index is 1.64. The lowest BCUT2D eigenvalue weighted by atomic mass is 10.0. The Morgan fingerprint density at radius 1 is 1.03 bits per heavy atom. The van der Waals surface area contributed by atoms with Crippen LogP contribution < -0.4 is 10.6 Å². The predicted molar refractivity (Wildman–Crippen MR) is 146 cm³/mol. The number of hydrogen-bond acceptors (Lipinski definition) is 5. The second kappa shape index (κ2) is 9.20. The molecule has 1 amide bonds. The van der Waals surface area contributed by atoms with Crippen LogP contribution in [0.3, 0.4) is 0 Å². The van der Waals surface area contributed by atoms with Gasteiger partial charge in [0.15, 0.2) is 0 Å². The summed E-state index contributed by atoms with van der Waals surface area (Å²) in [5.41, 5.74) is 4.88. The van der Waals surface area contributed by atoms with Crippen molar-refractivity contribution in [1.82, 2.24) is 19.1 Å². The number of aryl methyl sites for hydroxylation is 1. The molecule has 0 saturated heterocycles. The second-order valence-electron chi connectivity index (χ2n) is 9.88. The Morgan fingerprint density at radius 2 is 1.78 bits per heavy atom. The van der Waals surface area contributed by atoms with Crippen LogP contribution in [-0.2, 0) is 11.8 Å². The van der Waals surface area contributed by atoms with Crippen molar-refractivity contribution in [2.75, 3.05) is 11.4 Å². The smallest absolute Gasteiger partial charge is 0.414 e. The maximum atomic E-state index is 13.4. The number of amides is 1. The van der Waals surface area contributed by atoms with Crippen LogP contribution in [0.15, 0.2) is 78.0 Å². The van der Waals surface area contributed by atoms with Crippen LogP contribution in [0, 0.1) is 0 Å². The summed E-state index contributed by atoms with van der Waals surface area (Å²) in [6.07, 6.45) is 4.88. The zero-order valence-corrected chi connectivity index (χ0v) is 21.6. The van der Waals surface area contributed by atoms with Crippen molar-refractivity contribution < 1.29 is 9.53 Å². The molecule has 0 aliphatic rings. The molecule has 8 heteroatoms. The summed E-state index contributed by atoms with van der Waals surface area (Å²) < 4.78 is 8.85. The van der Waals surface area contributed by atoms with Crippen LogP contribution in [0.4, 0.5) is 10.5 Å². The van der Waals surface area contributed by atoms with Gasteiger partial charge in [0.1, 0.15) is 5.60 Å². The lowest BCUT2D eigenvalue weighted by Gasteiger charge is -2.26. The number of nitrogens with zero attached hydrogens (tertiary/aromatic N) is 5. The number of rotatable bonds is 4. The van der Waals surface area contributed by atoms with E-state index >= 15 is 0 Å². The van der Waals surface area contributed by atoms with Gasteiger partial charge in [-0.15, -0.1) is 0 Å². The predicted octanol–water partition coefficient (Wildman–Crippen LogP) is 5.70. The van der Waals surface area contributed by atoms with Crippen LogP contribution in [0.5, 0.6) is 0 Å². The van der Waals surface area contributed by atoms with Gasteiger partial charge in [0.05, 0.1) is 28.4 Å². The Bertz CT molecular complexity index is 1660. The van der Waals surface area contributed by atoms with E-state index < -0.39 is 11.7 Å². The average Bonchev–Trinajstić information content (AvgIpc) is 3.14. The van der Waals surface area contributed by atoms with E-state index in [2.05, 4.69) is 9.97 Å². The van der Waals surface area contributed by atoms with Crippen LogP contribution in [-0.4, -0.2) is 37.3 Å². The fraction of sp³-hybridized carbons (Fsp3) is 0.241. The van der Waals surface area contributed by atoms with Gasteiger partial charge in [-0.1, -0.05) is 12.1 Å². The van der Waals surface area contributed by atoms with E-state index in [0.29, 0.717) is 17.9 Å². The third kappa shape index (κ3) is 4.46. The van der Waals surface area contributed by atoms with E-state index in [4.69, 9.17) is 4.74 Å². The molecule has 0 spiro atoms. The molecule has 0 saturated carbocycles. The Hall–Kier alpha value is -4.46. The summed E-state index contributed by atoms with van der Waals surface area (Å²) in [4.78, 5) is 36.5. The minimum Gasteiger partial charge on any atom is -0.443 e. The highest BCUT2D eigenvalue weighted by Gasteiger charge is 2.23. The summed E-state index contributed by atoms with van der Waals surface area (Å²) >= 11 is 0. The van der Waals surface area contributed by atoms with E-state index in [-0.39, 0.29) is 5.69 Å². The number of benzene rings is 2. The number of ether oxygens (including phenoxy) is 1. The first-order valence-corrected chi connectivity index (χ1v) is 12.2. The summed E-state index contributed by atoms with van der Waals surface area (Å²) in [6, 6.07) is 17.3. The average molecular weight is 496 g/mol. The van der Waals surface area contributed by atoms with Crippen LogP contribution >= 0.6 is 0 Å². The lowest BCUT2D eigenvalue weighted by Crippen LogP contribution is -2.36. The quantitative estimate of drug-likeness (QED) is 0.319. The molecular formula is C29H29N5O3. The van der Waals surface area contributed by atoms with Gasteiger partial charge in [-0.3, -0.25) is 24.0 Å². The third-order valence-electron chi connectivity index (χ3n) is 6.23. The molecular weight excluding hydrogens is 466 g/mol. The minimum atomic E-state index is -0.593. The topological polar surface area (TPSA) is 82.2 Å². The molecule has 188 valence electrons. The van der Waals surface area contributed by atoms with Crippen molar-refractivity contribution in [3.63, 3.8) is 0 Å².